The molecule has 568 valence electrons. The number of ether oxygens (including phenoxy) is 3. The number of aromatic amines is 1. The molecule has 0 saturated heterocycles. The quantitative estimate of drug-likeness (QED) is 0.0537. The minimum Gasteiger partial charge on any atom is -0.443 e. The number of hydrogen-bond acceptors (Lipinski definition) is 16. The molecule has 8 aromatic heterocycles. The topological polar surface area (TPSA) is 223 Å². The first-order valence-corrected chi connectivity index (χ1v) is 36.5. The SMILES string of the molecule is CN(CCF)c1ccc(C#Cc2cc3cccnc3[nH]2)cc1.CN(CCF)c1ccc(C#Cc2cc3cccnc3n2C(=O)OC(C)(C)C)cc1.CN(CCO)c1ccc(C#Cc2cc3cccnc3n2C(=O)OC(C)(C)C)cc1.CNc1ccc(C#Cc2cc3cccnc3n2C(=O)OC(C)(C)C)cc1.OCCBr. The maximum Gasteiger partial charge on any atom is 0.421 e. The number of pyridine rings is 4. The molecule has 0 fully saturated rings. The largest absolute Gasteiger partial charge is 0.443 e. The van der Waals surface area contributed by atoms with Crippen LogP contribution in [0.1, 0.15) is 107 Å². The summed E-state index contributed by atoms with van der Waals surface area (Å²) >= 11 is 3.00. The van der Waals surface area contributed by atoms with Crippen LogP contribution in [-0.4, -0.2) is 164 Å². The highest BCUT2D eigenvalue weighted by molar-refractivity contribution is 9.09. The number of aromatic nitrogens is 8. The van der Waals surface area contributed by atoms with Crippen LogP contribution >= 0.6 is 15.9 Å². The molecule has 0 amide bonds. The van der Waals surface area contributed by atoms with E-state index in [0.29, 0.717) is 59.0 Å². The number of rotatable bonds is 11. The predicted octanol–water partition coefficient (Wildman–Crippen LogP) is 16.3. The second kappa shape index (κ2) is 39.6. The maximum absolute atomic E-state index is 12.8. The Bertz CT molecular complexity index is 5130. The molecule has 8 heterocycles. The first kappa shape index (κ1) is 83.4. The van der Waals surface area contributed by atoms with Crippen molar-refractivity contribution in [1.29, 1.82) is 0 Å². The van der Waals surface area contributed by atoms with Crippen molar-refractivity contribution < 1.29 is 47.6 Å². The Hall–Kier alpha value is -12.3. The molecular formula is C87H91BrF2N12O8. The molecule has 0 aliphatic rings. The Morgan fingerprint density at radius 3 is 1.05 bits per heavy atom. The molecule has 0 saturated carbocycles. The summed E-state index contributed by atoms with van der Waals surface area (Å²) in [6.07, 6.45) is 5.17. The third kappa shape index (κ3) is 24.6. The van der Waals surface area contributed by atoms with Crippen LogP contribution in [0.25, 0.3) is 44.1 Å². The second-order valence-corrected chi connectivity index (χ2v) is 28.4. The van der Waals surface area contributed by atoms with Gasteiger partial charge in [0.05, 0.1) is 18.9 Å². The van der Waals surface area contributed by atoms with Gasteiger partial charge in [-0.1, -0.05) is 39.6 Å². The molecule has 12 rings (SSSR count). The van der Waals surface area contributed by atoms with Gasteiger partial charge in [0.15, 0.2) is 16.9 Å². The van der Waals surface area contributed by atoms with E-state index in [2.05, 4.69) is 93.5 Å². The lowest BCUT2D eigenvalue weighted by Gasteiger charge is -2.20. The van der Waals surface area contributed by atoms with Gasteiger partial charge in [0.25, 0.3) is 0 Å². The number of likely N-dealkylation sites (N-methyl/N-ethyl adjacent to an activating group) is 1. The number of halogens is 3. The van der Waals surface area contributed by atoms with Crippen LogP contribution in [0.15, 0.2) is 195 Å². The molecule has 20 nitrogen and oxygen atoms in total. The smallest absolute Gasteiger partial charge is 0.421 e. The van der Waals surface area contributed by atoms with Crippen molar-refractivity contribution in [2.75, 3.05) is 99.7 Å². The minimum atomic E-state index is -0.630. The summed E-state index contributed by atoms with van der Waals surface area (Å²) in [6, 6.07) is 53.3. The van der Waals surface area contributed by atoms with Crippen molar-refractivity contribution in [3.8, 4) is 47.4 Å². The molecule has 12 aromatic rings. The van der Waals surface area contributed by atoms with Gasteiger partial charge in [0, 0.05) is 144 Å². The molecule has 23 heteroatoms. The van der Waals surface area contributed by atoms with Gasteiger partial charge in [-0.2, -0.15) is 0 Å². The molecule has 4 aromatic carbocycles. The zero-order chi connectivity index (χ0) is 79.5. The second-order valence-electron chi connectivity index (χ2n) is 27.7. The number of alkyl halides is 3. The summed E-state index contributed by atoms with van der Waals surface area (Å²) in [5.41, 5.74) is 10.3. The van der Waals surface area contributed by atoms with E-state index in [1.54, 1.807) is 24.8 Å². The number of benzene rings is 4. The van der Waals surface area contributed by atoms with E-state index in [9.17, 15) is 23.2 Å². The van der Waals surface area contributed by atoms with Gasteiger partial charge in [-0.15, -0.1) is 0 Å². The fraction of sp³-hybridized carbons (Fsp3) is 0.276. The predicted molar refractivity (Wildman–Crippen MR) is 439 cm³/mol. The van der Waals surface area contributed by atoms with Crippen molar-refractivity contribution in [3.05, 3.63) is 240 Å². The summed E-state index contributed by atoms with van der Waals surface area (Å²) in [4.78, 5) is 64.2. The van der Waals surface area contributed by atoms with E-state index in [4.69, 9.17) is 24.4 Å². The monoisotopic (exact) mass is 1550 g/mol. The van der Waals surface area contributed by atoms with Crippen molar-refractivity contribution >= 4 is 101 Å². The van der Waals surface area contributed by atoms with Gasteiger partial charge in [0.1, 0.15) is 52.9 Å². The number of carbonyl (C=O) groups excluding carboxylic acids is 3. The van der Waals surface area contributed by atoms with Gasteiger partial charge in [0.2, 0.25) is 0 Å². The summed E-state index contributed by atoms with van der Waals surface area (Å²) in [5.74, 6) is 24.7. The van der Waals surface area contributed by atoms with E-state index in [0.717, 1.165) is 77.9 Å². The molecule has 0 spiro atoms. The molecule has 0 aliphatic heterocycles. The molecule has 0 atom stereocenters. The van der Waals surface area contributed by atoms with Crippen LogP contribution < -0.4 is 20.0 Å². The third-order valence-electron chi connectivity index (χ3n) is 15.6. The van der Waals surface area contributed by atoms with E-state index >= 15 is 0 Å². The molecule has 4 N–H and O–H groups in total. The molecule has 0 unspecified atom stereocenters. The molecule has 0 radical (unpaired) electrons. The zero-order valence-electron chi connectivity index (χ0n) is 64.1. The Balaban J connectivity index is 0.000000182. The minimum absolute atomic E-state index is 0.0985. The number of anilines is 4. The fourth-order valence-corrected chi connectivity index (χ4v) is 10.3. The van der Waals surface area contributed by atoms with Crippen LogP contribution in [-0.2, 0) is 14.2 Å². The summed E-state index contributed by atoms with van der Waals surface area (Å²) < 4.78 is 45.7. The number of hydrogen-bond donors (Lipinski definition) is 4. The number of aliphatic hydroxyl groups excluding tert-OH is 2. The zero-order valence-corrected chi connectivity index (χ0v) is 65.7. The Morgan fingerprint density at radius 2 is 0.755 bits per heavy atom. The van der Waals surface area contributed by atoms with E-state index in [1.807, 2.05) is 275 Å². The number of aliphatic hydroxyl groups is 2. The average Bonchev–Trinajstić information content (AvgIpc) is 1.65. The van der Waals surface area contributed by atoms with Crippen molar-refractivity contribution in [2.24, 2.45) is 0 Å². The first-order chi connectivity index (χ1) is 52.6. The van der Waals surface area contributed by atoms with Crippen LogP contribution in [0.3, 0.4) is 0 Å². The highest BCUT2D eigenvalue weighted by atomic mass is 79.9. The molecule has 0 aliphatic carbocycles. The summed E-state index contributed by atoms with van der Waals surface area (Å²) in [7, 11) is 7.50. The summed E-state index contributed by atoms with van der Waals surface area (Å²) in [5, 5.41) is 24.2. The van der Waals surface area contributed by atoms with Gasteiger partial charge < -0.3 is 49.4 Å². The lowest BCUT2D eigenvalue weighted by molar-refractivity contribution is 0.0531. The van der Waals surface area contributed by atoms with E-state index < -0.39 is 41.8 Å². The third-order valence-corrected chi connectivity index (χ3v) is 16.0. The van der Waals surface area contributed by atoms with Crippen LogP contribution in [0.2, 0.25) is 0 Å². The van der Waals surface area contributed by atoms with Crippen molar-refractivity contribution in [2.45, 2.75) is 79.1 Å². The van der Waals surface area contributed by atoms with Gasteiger partial charge in [-0.25, -0.2) is 56.8 Å². The maximum atomic E-state index is 12.8. The Labute approximate surface area is 649 Å². The van der Waals surface area contributed by atoms with Gasteiger partial charge >= 0.3 is 18.3 Å². The molecule has 110 heavy (non-hydrogen) atoms. The molecule has 0 bridgehead atoms. The van der Waals surface area contributed by atoms with Crippen molar-refractivity contribution in [3.63, 3.8) is 0 Å². The molecular weight excluding hydrogens is 1460 g/mol. The number of fused-ring (bicyclic) bond motifs is 4. The fourth-order valence-electron chi connectivity index (χ4n) is 10.3. The number of H-pyrrole nitrogens is 1. The van der Waals surface area contributed by atoms with Crippen LogP contribution in [0.5, 0.6) is 0 Å². The van der Waals surface area contributed by atoms with Crippen LogP contribution in [0, 0.1) is 47.4 Å². The van der Waals surface area contributed by atoms with E-state index in [-0.39, 0.29) is 19.9 Å². The highest BCUT2D eigenvalue weighted by Crippen LogP contribution is 2.25. The van der Waals surface area contributed by atoms with Crippen LogP contribution in [0.4, 0.5) is 45.9 Å². The van der Waals surface area contributed by atoms with E-state index in [1.165, 1.54) is 13.7 Å². The van der Waals surface area contributed by atoms with Gasteiger partial charge in [-0.3, -0.25) is 0 Å². The number of nitrogens with zero attached hydrogens (tertiary/aromatic N) is 10. The number of nitrogens with one attached hydrogen (secondary N) is 2. The number of carbonyl (C=O) groups is 3. The first-order valence-electron chi connectivity index (χ1n) is 35.3. The standard InChI is InChI=1S/C23H24FN3O2.C23H25N3O3.C21H21N3O2.C18H16FN3.C2H5BrO/c1-23(2,3)29-22(28)27-20(16-18-6-5-14-25-21(18)27)12-9-17-7-10-19(11-8-17)26(4)15-13-24;1-23(2,3)29-22(28)26-20(16-18-6-5-13-24-21(18)26)12-9-17-7-10-19(11-8-17)25(4)14-15-27;1-21(2,3)26-20(25)24-18(14-16-6-5-13-23-19(16)24)12-9-15-7-10-17(22-4)11-8-15;1-22(12-10-19)17-8-5-14(6-9-17)4-7-16-13-15-3-2-11-20-18(15)21-16;3-1-2-4/h5-8,10-11,14,16H,13,15H2,1-4H3;5-8,10-11,13,16,27H,14-15H2,1-4H3;5-8,10-11,13-14,22H,1-4H3;2-3,5-6,8-9,11,13H,10,12H2,1H3,(H,20,21);4H,1-2H2. The Morgan fingerprint density at radius 1 is 0.445 bits per heavy atom. The summed E-state index contributed by atoms with van der Waals surface area (Å²) in [6.45, 7) is 17.3. The Kier molecular flexibility index (Phi) is 30.0. The van der Waals surface area contributed by atoms with Crippen molar-refractivity contribution in [1.82, 2.24) is 38.6 Å². The normalized spacial score (nSPS) is 10.7. The average molecular weight is 1550 g/mol. The van der Waals surface area contributed by atoms with Gasteiger partial charge in [-0.05, 0) is 256 Å². The lowest BCUT2D eigenvalue weighted by atomic mass is 10.2. The lowest BCUT2D eigenvalue weighted by Crippen LogP contribution is -2.27. The highest BCUT2D eigenvalue weighted by Gasteiger charge is 2.25.